The Labute approximate surface area is 185 Å². The maximum absolute atomic E-state index is 13.1. The number of hydrogen-bond donors (Lipinski definition) is 1. The number of aldehydes is 1. The van der Waals surface area contributed by atoms with Crippen LogP contribution in [0.5, 0.6) is 5.75 Å². The minimum absolute atomic E-state index is 0.306. The molecule has 1 aromatic carbocycles. The molecule has 0 unspecified atom stereocenters. The molecular weight excluding hydrogens is 408 g/mol. The van der Waals surface area contributed by atoms with Crippen LogP contribution in [0.25, 0.3) is 11.0 Å². The average Bonchev–Trinajstić information content (AvgIpc) is 3.37. The third-order valence-electron chi connectivity index (χ3n) is 5.19. The number of anilines is 1. The van der Waals surface area contributed by atoms with E-state index >= 15 is 0 Å². The monoisotopic (exact) mass is 432 g/mol. The van der Waals surface area contributed by atoms with Crippen molar-refractivity contribution in [3.63, 3.8) is 0 Å². The fourth-order valence-corrected chi connectivity index (χ4v) is 3.71. The Hall–Kier alpha value is -4.01. The van der Waals surface area contributed by atoms with E-state index in [1.54, 1.807) is 36.2 Å². The van der Waals surface area contributed by atoms with E-state index in [1.807, 2.05) is 36.7 Å². The first-order chi connectivity index (χ1) is 15.5. The highest BCUT2D eigenvalue weighted by molar-refractivity contribution is 6.03. The van der Waals surface area contributed by atoms with E-state index in [9.17, 15) is 9.59 Å². The number of pyridine rings is 1. The van der Waals surface area contributed by atoms with Gasteiger partial charge in [0.2, 0.25) is 5.95 Å². The Morgan fingerprint density at radius 2 is 2.12 bits per heavy atom. The lowest BCUT2D eigenvalue weighted by molar-refractivity contribution is 0.101. The lowest BCUT2D eigenvalue weighted by Gasteiger charge is -2.12. The van der Waals surface area contributed by atoms with Gasteiger partial charge in [-0.05, 0) is 50.1 Å². The van der Waals surface area contributed by atoms with E-state index in [0.29, 0.717) is 53.5 Å². The number of aromatic nitrogens is 5. The third-order valence-corrected chi connectivity index (χ3v) is 5.19. The molecule has 0 saturated heterocycles. The van der Waals surface area contributed by atoms with Gasteiger partial charge in [0.25, 0.3) is 5.91 Å². The molecule has 0 atom stereocenters. The van der Waals surface area contributed by atoms with Gasteiger partial charge < -0.3 is 9.30 Å². The molecule has 4 aromatic rings. The molecule has 9 heteroatoms. The molecule has 0 bridgehead atoms. The van der Waals surface area contributed by atoms with Crippen LogP contribution in [-0.2, 0) is 19.5 Å². The maximum atomic E-state index is 13.1. The SMILES string of the molecule is CCn1nc(C)cc1C(=O)Nc1nc2cc(C=O)cc(OC)c2n1CCc1cccnc1. The van der Waals surface area contributed by atoms with Crippen LogP contribution in [0.3, 0.4) is 0 Å². The van der Waals surface area contributed by atoms with Gasteiger partial charge in [0, 0.05) is 31.0 Å². The number of aryl methyl sites for hydroxylation is 4. The van der Waals surface area contributed by atoms with Gasteiger partial charge in [-0.15, -0.1) is 0 Å². The van der Waals surface area contributed by atoms with E-state index in [4.69, 9.17) is 4.74 Å². The zero-order valence-corrected chi connectivity index (χ0v) is 18.2. The number of ether oxygens (including phenoxy) is 1. The van der Waals surface area contributed by atoms with Gasteiger partial charge in [0.05, 0.1) is 18.3 Å². The molecule has 0 aliphatic carbocycles. The summed E-state index contributed by atoms with van der Waals surface area (Å²) in [6.45, 7) is 4.88. The first-order valence-corrected chi connectivity index (χ1v) is 10.3. The van der Waals surface area contributed by atoms with E-state index in [2.05, 4.69) is 20.4 Å². The number of carbonyl (C=O) groups excluding carboxylic acids is 2. The van der Waals surface area contributed by atoms with Crippen molar-refractivity contribution in [3.05, 3.63) is 65.2 Å². The molecule has 0 spiro atoms. The van der Waals surface area contributed by atoms with Crippen molar-refractivity contribution in [1.82, 2.24) is 24.3 Å². The van der Waals surface area contributed by atoms with Crippen molar-refractivity contribution >= 4 is 29.2 Å². The highest BCUT2D eigenvalue weighted by atomic mass is 16.5. The maximum Gasteiger partial charge on any atom is 0.276 e. The fraction of sp³-hybridized carbons (Fsp3) is 0.261. The number of carbonyl (C=O) groups is 2. The normalized spacial score (nSPS) is 11.0. The number of fused-ring (bicyclic) bond motifs is 1. The molecule has 3 aromatic heterocycles. The quantitative estimate of drug-likeness (QED) is 0.429. The Bertz CT molecular complexity index is 1280. The van der Waals surface area contributed by atoms with Crippen LogP contribution >= 0.6 is 0 Å². The van der Waals surface area contributed by atoms with Gasteiger partial charge in [-0.3, -0.25) is 24.6 Å². The van der Waals surface area contributed by atoms with Gasteiger partial charge in [0.1, 0.15) is 23.2 Å². The smallest absolute Gasteiger partial charge is 0.276 e. The van der Waals surface area contributed by atoms with Crippen molar-refractivity contribution in [2.24, 2.45) is 0 Å². The predicted octanol–water partition coefficient (Wildman–Crippen LogP) is 3.27. The Kier molecular flexibility index (Phi) is 5.98. The Morgan fingerprint density at radius 1 is 1.28 bits per heavy atom. The van der Waals surface area contributed by atoms with Crippen LogP contribution in [0.15, 0.2) is 42.7 Å². The molecule has 4 rings (SSSR count). The molecule has 32 heavy (non-hydrogen) atoms. The minimum atomic E-state index is -0.306. The van der Waals surface area contributed by atoms with Crippen LogP contribution in [0.1, 0.15) is 39.0 Å². The summed E-state index contributed by atoms with van der Waals surface area (Å²) in [5, 5.41) is 7.27. The van der Waals surface area contributed by atoms with Crippen molar-refractivity contribution < 1.29 is 14.3 Å². The standard InChI is InChI=1S/C23H24N6O3/c1-4-29-19(10-15(2)27-29)22(31)26-23-25-18-11-17(14-30)12-20(32-3)21(18)28(23)9-7-16-6-5-8-24-13-16/h5-6,8,10-14H,4,7,9H2,1-3H3,(H,25,26,31). The van der Waals surface area contributed by atoms with Crippen LogP contribution < -0.4 is 10.1 Å². The number of amides is 1. The molecule has 0 radical (unpaired) electrons. The molecule has 1 amide bonds. The largest absolute Gasteiger partial charge is 0.494 e. The Morgan fingerprint density at radius 3 is 2.81 bits per heavy atom. The second-order valence-corrected chi connectivity index (χ2v) is 7.35. The number of imidazole rings is 1. The highest BCUT2D eigenvalue weighted by Gasteiger charge is 2.20. The molecule has 0 aliphatic heterocycles. The Balaban J connectivity index is 1.77. The minimum Gasteiger partial charge on any atom is -0.494 e. The summed E-state index contributed by atoms with van der Waals surface area (Å²) in [6.07, 6.45) is 4.95. The number of benzene rings is 1. The summed E-state index contributed by atoms with van der Waals surface area (Å²) < 4.78 is 9.09. The molecular formula is C23H24N6O3. The number of hydrogen-bond acceptors (Lipinski definition) is 6. The second-order valence-electron chi connectivity index (χ2n) is 7.35. The summed E-state index contributed by atoms with van der Waals surface area (Å²) >= 11 is 0. The highest BCUT2D eigenvalue weighted by Crippen LogP contribution is 2.30. The van der Waals surface area contributed by atoms with Crippen molar-refractivity contribution in [2.75, 3.05) is 12.4 Å². The first kappa shape index (κ1) is 21.2. The van der Waals surface area contributed by atoms with Crippen LogP contribution in [-0.4, -0.2) is 43.6 Å². The number of nitrogens with zero attached hydrogens (tertiary/aromatic N) is 5. The third kappa shape index (κ3) is 4.09. The lowest BCUT2D eigenvalue weighted by Crippen LogP contribution is -2.20. The second kappa shape index (κ2) is 9.01. The summed E-state index contributed by atoms with van der Waals surface area (Å²) in [5.41, 5.74) is 3.99. The first-order valence-electron chi connectivity index (χ1n) is 10.3. The number of rotatable bonds is 8. The van der Waals surface area contributed by atoms with Crippen molar-refractivity contribution in [1.29, 1.82) is 0 Å². The lowest BCUT2D eigenvalue weighted by atomic mass is 10.2. The molecule has 3 heterocycles. The molecule has 9 nitrogen and oxygen atoms in total. The van der Waals surface area contributed by atoms with Gasteiger partial charge in [-0.25, -0.2) is 4.98 Å². The number of nitrogens with one attached hydrogen (secondary N) is 1. The van der Waals surface area contributed by atoms with Crippen LogP contribution in [0.2, 0.25) is 0 Å². The summed E-state index contributed by atoms with van der Waals surface area (Å²) in [4.78, 5) is 33.2. The van der Waals surface area contributed by atoms with Gasteiger partial charge in [-0.2, -0.15) is 5.10 Å². The predicted molar refractivity (Wildman–Crippen MR) is 120 cm³/mol. The summed E-state index contributed by atoms with van der Waals surface area (Å²) in [6, 6.07) is 8.97. The number of methoxy groups -OCH3 is 1. The molecule has 1 N–H and O–H groups in total. The molecule has 0 aliphatic rings. The van der Waals surface area contributed by atoms with Crippen molar-refractivity contribution in [2.45, 2.75) is 33.4 Å². The summed E-state index contributed by atoms with van der Waals surface area (Å²) in [5.74, 6) is 0.579. The topological polar surface area (TPSA) is 104 Å². The van der Waals surface area contributed by atoms with Crippen LogP contribution in [0.4, 0.5) is 5.95 Å². The zero-order valence-electron chi connectivity index (χ0n) is 18.2. The van der Waals surface area contributed by atoms with E-state index < -0.39 is 0 Å². The molecule has 0 fully saturated rings. The zero-order chi connectivity index (χ0) is 22.7. The van der Waals surface area contributed by atoms with Gasteiger partial charge >= 0.3 is 0 Å². The van der Waals surface area contributed by atoms with E-state index in [1.165, 1.54) is 0 Å². The van der Waals surface area contributed by atoms with Gasteiger partial charge in [-0.1, -0.05) is 6.07 Å². The fourth-order valence-electron chi connectivity index (χ4n) is 3.71. The molecule has 0 saturated carbocycles. The summed E-state index contributed by atoms with van der Waals surface area (Å²) in [7, 11) is 1.54. The molecule has 164 valence electrons. The van der Waals surface area contributed by atoms with Crippen molar-refractivity contribution in [3.8, 4) is 5.75 Å². The van der Waals surface area contributed by atoms with Gasteiger partial charge in [0.15, 0.2) is 0 Å². The average molecular weight is 432 g/mol. The van der Waals surface area contributed by atoms with E-state index in [0.717, 1.165) is 17.5 Å². The van der Waals surface area contributed by atoms with E-state index in [-0.39, 0.29) is 5.91 Å². The van der Waals surface area contributed by atoms with Crippen LogP contribution in [0, 0.1) is 6.92 Å².